The number of benzene rings is 2. The molecule has 4 aromatic rings. The molecule has 1 saturated heterocycles. The van der Waals surface area contributed by atoms with Gasteiger partial charge in [-0.25, -0.2) is 4.39 Å². The number of nitrogens with zero attached hydrogens (tertiary/aromatic N) is 2. The number of anilines is 1. The molecule has 0 bridgehead atoms. The van der Waals surface area contributed by atoms with Crippen molar-refractivity contribution in [1.29, 1.82) is 0 Å². The van der Waals surface area contributed by atoms with E-state index in [-0.39, 0.29) is 17.9 Å². The third kappa shape index (κ3) is 4.01. The first-order valence-electron chi connectivity index (χ1n) is 10.6. The lowest BCUT2D eigenvalue weighted by molar-refractivity contribution is 0.439. The predicted octanol–water partition coefficient (Wildman–Crippen LogP) is 6.93. The van der Waals surface area contributed by atoms with Crippen molar-refractivity contribution in [2.24, 2.45) is 0 Å². The first-order chi connectivity index (χ1) is 15.9. The molecule has 0 spiro atoms. The molecule has 5 rings (SSSR count). The van der Waals surface area contributed by atoms with Gasteiger partial charge in [-0.1, -0.05) is 23.7 Å². The van der Waals surface area contributed by atoms with E-state index in [9.17, 15) is 4.39 Å². The van der Waals surface area contributed by atoms with Crippen LogP contribution >= 0.6 is 23.8 Å². The molecule has 2 atom stereocenters. The highest BCUT2D eigenvalue weighted by Gasteiger charge is 2.42. The van der Waals surface area contributed by atoms with Gasteiger partial charge < -0.3 is 14.6 Å². The summed E-state index contributed by atoms with van der Waals surface area (Å²) in [4.78, 5) is 6.52. The van der Waals surface area contributed by atoms with Gasteiger partial charge in [0.1, 0.15) is 23.4 Å². The van der Waals surface area contributed by atoms with Crippen LogP contribution in [0.3, 0.4) is 0 Å². The Morgan fingerprint density at radius 3 is 2.64 bits per heavy atom. The third-order valence-electron chi connectivity index (χ3n) is 5.90. The monoisotopic (exact) mass is 477 g/mol. The zero-order valence-electron chi connectivity index (χ0n) is 18.0. The van der Waals surface area contributed by atoms with Gasteiger partial charge in [0.25, 0.3) is 0 Å². The van der Waals surface area contributed by atoms with Crippen LogP contribution in [0.2, 0.25) is 5.02 Å². The maximum absolute atomic E-state index is 14.0. The fourth-order valence-corrected chi connectivity index (χ4v) is 4.73. The number of hydrogen-bond acceptors (Lipinski definition) is 3. The molecule has 0 radical (unpaired) electrons. The lowest BCUT2D eigenvalue weighted by atomic mass is 10.0. The van der Waals surface area contributed by atoms with E-state index >= 15 is 0 Å². The molecule has 1 N–H and O–H groups in total. The first-order valence-corrected chi connectivity index (χ1v) is 11.3. The minimum absolute atomic E-state index is 0.247. The van der Waals surface area contributed by atoms with E-state index in [2.05, 4.69) is 10.3 Å². The molecule has 0 amide bonds. The van der Waals surface area contributed by atoms with Gasteiger partial charge in [0.05, 0.1) is 11.7 Å². The Bertz CT molecular complexity index is 1340. The first kappa shape index (κ1) is 21.6. The van der Waals surface area contributed by atoms with E-state index in [4.69, 9.17) is 28.2 Å². The molecule has 0 saturated carbocycles. The Morgan fingerprint density at radius 2 is 1.88 bits per heavy atom. The molecule has 166 valence electrons. The molecule has 2 aromatic carbocycles. The number of pyridine rings is 1. The third-order valence-corrected chi connectivity index (χ3v) is 6.45. The van der Waals surface area contributed by atoms with Crippen LogP contribution in [-0.4, -0.2) is 10.1 Å². The van der Waals surface area contributed by atoms with Crippen molar-refractivity contribution in [3.8, 4) is 11.3 Å². The second-order valence-electron chi connectivity index (χ2n) is 8.09. The summed E-state index contributed by atoms with van der Waals surface area (Å²) in [6, 6.07) is 19.8. The molecule has 3 heterocycles. The molecule has 2 aromatic heterocycles. The van der Waals surface area contributed by atoms with Crippen LogP contribution in [0.1, 0.15) is 34.7 Å². The summed E-state index contributed by atoms with van der Waals surface area (Å²) in [5.41, 5.74) is 4.16. The van der Waals surface area contributed by atoms with Crippen LogP contribution in [0.5, 0.6) is 0 Å². The van der Waals surface area contributed by atoms with E-state index < -0.39 is 0 Å². The predicted molar refractivity (Wildman–Crippen MR) is 133 cm³/mol. The van der Waals surface area contributed by atoms with Crippen molar-refractivity contribution in [3.63, 3.8) is 0 Å². The van der Waals surface area contributed by atoms with Crippen LogP contribution in [0.25, 0.3) is 11.3 Å². The number of halogens is 2. The molecule has 0 unspecified atom stereocenters. The summed E-state index contributed by atoms with van der Waals surface area (Å²) in [6.07, 6.45) is 1.75. The summed E-state index contributed by atoms with van der Waals surface area (Å²) < 4.78 is 20.4. The molecule has 0 aliphatic carbocycles. The van der Waals surface area contributed by atoms with E-state index in [0.717, 1.165) is 28.3 Å². The Balaban J connectivity index is 1.62. The molecular weight excluding hydrogens is 457 g/mol. The summed E-state index contributed by atoms with van der Waals surface area (Å²) >= 11 is 12.0. The van der Waals surface area contributed by atoms with E-state index in [1.165, 1.54) is 6.07 Å². The standard InChI is InChI=1S/C26H21ClFN3OS/c1-15-6-7-17(27)14-19(15)22-10-11-23(32-22)25-24(21-5-3-4-12-29-21)30-26(33)31(25)18-8-9-20(28)16(2)13-18/h3-14,24-25H,1-2H3,(H,30,33)/t24-,25-/m1/s1. The summed E-state index contributed by atoms with van der Waals surface area (Å²) in [5, 5.41) is 4.56. The summed E-state index contributed by atoms with van der Waals surface area (Å²) in [6.45, 7) is 3.76. The highest BCUT2D eigenvalue weighted by Crippen LogP contribution is 2.43. The highest BCUT2D eigenvalue weighted by molar-refractivity contribution is 7.80. The Morgan fingerprint density at radius 1 is 1.03 bits per heavy atom. The van der Waals surface area contributed by atoms with Crippen LogP contribution in [0.4, 0.5) is 10.1 Å². The zero-order chi connectivity index (χ0) is 23.1. The molecule has 33 heavy (non-hydrogen) atoms. The minimum Gasteiger partial charge on any atom is -0.459 e. The van der Waals surface area contributed by atoms with Gasteiger partial charge in [0, 0.05) is 22.5 Å². The van der Waals surface area contributed by atoms with Crippen molar-refractivity contribution >= 4 is 34.6 Å². The SMILES string of the molecule is Cc1cc(N2C(=S)N[C@H](c3ccccn3)[C@H]2c2ccc(-c3cc(Cl)ccc3C)o2)ccc1F. The van der Waals surface area contributed by atoms with Gasteiger partial charge in [-0.15, -0.1) is 0 Å². The molecule has 1 fully saturated rings. The molecule has 7 heteroatoms. The van der Waals surface area contributed by atoms with E-state index in [1.54, 1.807) is 25.3 Å². The number of nitrogens with one attached hydrogen (secondary N) is 1. The number of aromatic nitrogens is 1. The van der Waals surface area contributed by atoms with Gasteiger partial charge in [0.15, 0.2) is 5.11 Å². The van der Waals surface area contributed by atoms with Crippen molar-refractivity contribution in [3.05, 3.63) is 106 Å². The normalized spacial score (nSPS) is 17.9. The maximum Gasteiger partial charge on any atom is 0.174 e. The van der Waals surface area contributed by atoms with Gasteiger partial charge in [0.2, 0.25) is 0 Å². The lowest BCUT2D eigenvalue weighted by Gasteiger charge is -2.26. The van der Waals surface area contributed by atoms with Crippen LogP contribution in [-0.2, 0) is 0 Å². The van der Waals surface area contributed by atoms with Crippen molar-refractivity contribution in [2.75, 3.05) is 4.90 Å². The zero-order valence-corrected chi connectivity index (χ0v) is 19.6. The maximum atomic E-state index is 14.0. The second kappa shape index (κ2) is 8.61. The number of aryl methyl sites for hydroxylation is 2. The number of thiocarbonyl (C=S) groups is 1. The van der Waals surface area contributed by atoms with Gasteiger partial charge in [-0.05, 0) is 91.8 Å². The fraction of sp³-hybridized carbons (Fsp3) is 0.154. The number of hydrogen-bond donors (Lipinski definition) is 1. The molecule has 1 aliphatic heterocycles. The minimum atomic E-state index is -0.314. The second-order valence-corrected chi connectivity index (χ2v) is 8.91. The Labute approximate surface area is 202 Å². The van der Waals surface area contributed by atoms with Crippen LogP contribution in [0, 0.1) is 19.7 Å². The quantitative estimate of drug-likeness (QED) is 0.323. The molecule has 1 aliphatic rings. The van der Waals surface area contributed by atoms with Crippen molar-refractivity contribution in [1.82, 2.24) is 10.3 Å². The van der Waals surface area contributed by atoms with E-state index in [0.29, 0.717) is 21.5 Å². The van der Waals surface area contributed by atoms with Crippen molar-refractivity contribution in [2.45, 2.75) is 25.9 Å². The smallest absolute Gasteiger partial charge is 0.174 e. The van der Waals surface area contributed by atoms with Gasteiger partial charge in [-0.2, -0.15) is 0 Å². The lowest BCUT2D eigenvalue weighted by Crippen LogP contribution is -2.29. The highest BCUT2D eigenvalue weighted by atomic mass is 35.5. The largest absolute Gasteiger partial charge is 0.459 e. The molecular formula is C26H21ClFN3OS. The number of furan rings is 1. The Hall–Kier alpha value is -3.22. The van der Waals surface area contributed by atoms with Crippen LogP contribution < -0.4 is 10.2 Å². The summed E-state index contributed by atoms with van der Waals surface area (Å²) in [5.74, 6) is 1.18. The van der Waals surface area contributed by atoms with Crippen molar-refractivity contribution < 1.29 is 8.81 Å². The van der Waals surface area contributed by atoms with Crippen LogP contribution in [0.15, 0.2) is 77.3 Å². The summed E-state index contributed by atoms with van der Waals surface area (Å²) in [7, 11) is 0. The van der Waals surface area contributed by atoms with Gasteiger partial charge in [-0.3, -0.25) is 4.98 Å². The van der Waals surface area contributed by atoms with Gasteiger partial charge >= 0.3 is 0 Å². The van der Waals surface area contributed by atoms with E-state index in [1.807, 2.05) is 60.4 Å². The molecule has 4 nitrogen and oxygen atoms in total. The fourth-order valence-electron chi connectivity index (χ4n) is 4.22. The topological polar surface area (TPSA) is 41.3 Å². The Kier molecular flexibility index (Phi) is 5.64. The average Bonchev–Trinajstić information content (AvgIpc) is 3.42. The average molecular weight is 478 g/mol. The number of rotatable bonds is 4.